The first kappa shape index (κ1) is 27.9. The second-order valence-electron chi connectivity index (χ2n) is 8.62. The molecule has 5 atom stereocenters. The van der Waals surface area contributed by atoms with E-state index in [4.69, 9.17) is 35.9 Å². The van der Waals surface area contributed by atoms with Gasteiger partial charge >= 0.3 is 7.60 Å². The van der Waals surface area contributed by atoms with Gasteiger partial charge in [-0.15, -0.1) is 0 Å². The fourth-order valence-corrected chi connectivity index (χ4v) is 6.87. The van der Waals surface area contributed by atoms with E-state index in [2.05, 4.69) is 10.7 Å². The van der Waals surface area contributed by atoms with E-state index < -0.39 is 39.4 Å². The number of aliphatic hydroxyl groups is 1. The lowest BCUT2D eigenvalue weighted by molar-refractivity contribution is -0.338. The van der Waals surface area contributed by atoms with E-state index >= 15 is 0 Å². The van der Waals surface area contributed by atoms with Gasteiger partial charge in [0.1, 0.15) is 7.85 Å². The number of nitrogens with zero attached hydrogens (tertiary/aromatic N) is 2. The molecule has 0 aromatic carbocycles. The molecule has 2 rings (SSSR count). The Bertz CT molecular complexity index is 734. The molecule has 2 fully saturated rings. The first-order chi connectivity index (χ1) is 15.0. The molecule has 32 heavy (non-hydrogen) atoms. The number of nitriles is 1. The number of rotatable bonds is 12. The molecule has 12 heteroatoms. The summed E-state index contributed by atoms with van der Waals surface area (Å²) < 4.78 is 42.7. The minimum Gasteiger partial charge on any atom is -0.377 e. The van der Waals surface area contributed by atoms with Gasteiger partial charge in [0.2, 0.25) is 0 Å². The van der Waals surface area contributed by atoms with Gasteiger partial charge in [0, 0.05) is 50.5 Å². The molecule has 0 aromatic rings. The van der Waals surface area contributed by atoms with Gasteiger partial charge in [-0.25, -0.2) is 4.67 Å². The summed E-state index contributed by atoms with van der Waals surface area (Å²) >= 11 is 0. The molecule has 9 nitrogen and oxygen atoms in total. The van der Waals surface area contributed by atoms with Crippen molar-refractivity contribution in [2.75, 3.05) is 20.8 Å². The lowest BCUT2D eigenvalue weighted by atomic mass is 9.59. The van der Waals surface area contributed by atoms with Gasteiger partial charge in [0.05, 0.1) is 24.7 Å². The van der Waals surface area contributed by atoms with E-state index in [9.17, 15) is 9.67 Å². The molecule has 1 unspecified atom stereocenters. The Labute approximate surface area is 194 Å². The summed E-state index contributed by atoms with van der Waals surface area (Å²) in [6.07, 6.45) is 3.03. The van der Waals surface area contributed by atoms with Crippen LogP contribution in [0, 0.1) is 17.2 Å². The number of fused-ring (bicyclic) bond motifs is 1. The average molecular weight is 488 g/mol. The summed E-state index contributed by atoms with van der Waals surface area (Å²) in [5.74, 6) is -0.619. The number of ether oxygens (including phenoxy) is 1. The third-order valence-electron chi connectivity index (χ3n) is 5.72. The predicted molar refractivity (Wildman–Crippen MR) is 123 cm³/mol. The Kier molecular flexibility index (Phi) is 9.95. The van der Waals surface area contributed by atoms with Crippen LogP contribution in [0.5, 0.6) is 0 Å². The summed E-state index contributed by atoms with van der Waals surface area (Å²) in [5.41, 5.74) is -0.951. The molecule has 1 aliphatic heterocycles. The topological polar surface area (TPSA) is 110 Å². The van der Waals surface area contributed by atoms with E-state index in [1.54, 1.807) is 6.08 Å². The highest BCUT2D eigenvalue weighted by molar-refractivity contribution is 7.57. The molecule has 1 saturated carbocycles. The molecular weight excluding hydrogens is 453 g/mol. The van der Waals surface area contributed by atoms with Crippen LogP contribution in [0.3, 0.4) is 0 Å². The van der Waals surface area contributed by atoms with Crippen molar-refractivity contribution in [3.8, 4) is 6.07 Å². The van der Waals surface area contributed by atoms with Crippen molar-refractivity contribution in [2.45, 2.75) is 82.9 Å². The molecule has 0 aromatic heterocycles. The molecule has 0 amide bonds. The third-order valence-corrected chi connectivity index (χ3v) is 9.43. The lowest BCUT2D eigenvalue weighted by Crippen LogP contribution is -2.69. The third kappa shape index (κ3) is 6.21. The largest absolute Gasteiger partial charge is 0.377 e. The average Bonchev–Trinajstić information content (AvgIpc) is 2.70. The van der Waals surface area contributed by atoms with Crippen molar-refractivity contribution in [1.29, 1.82) is 5.26 Å². The smallest absolute Gasteiger partial charge is 0.353 e. The highest BCUT2D eigenvalue weighted by Gasteiger charge is 2.67. The van der Waals surface area contributed by atoms with Gasteiger partial charge in [0.25, 0.3) is 8.53 Å². The lowest BCUT2D eigenvalue weighted by Gasteiger charge is -2.61. The summed E-state index contributed by atoms with van der Waals surface area (Å²) in [4.78, 5) is 0. The highest BCUT2D eigenvalue weighted by Crippen LogP contribution is 2.63. The first-order valence-corrected chi connectivity index (χ1v) is 13.5. The van der Waals surface area contributed by atoms with Crippen LogP contribution in [0.15, 0.2) is 11.9 Å². The van der Waals surface area contributed by atoms with Gasteiger partial charge in [-0.3, -0.25) is 9.09 Å². The van der Waals surface area contributed by atoms with E-state index in [0.29, 0.717) is 12.8 Å². The molecule has 2 aliphatic rings. The van der Waals surface area contributed by atoms with Crippen LogP contribution >= 0.6 is 16.1 Å². The Balaban J connectivity index is 2.28. The zero-order valence-electron chi connectivity index (χ0n) is 19.8. The minimum absolute atomic E-state index is 0.0900. The highest BCUT2D eigenvalue weighted by atomic mass is 31.2. The van der Waals surface area contributed by atoms with Crippen molar-refractivity contribution in [3.63, 3.8) is 0 Å². The van der Waals surface area contributed by atoms with Crippen LogP contribution in [0.4, 0.5) is 0 Å². The zero-order valence-corrected chi connectivity index (χ0v) is 21.6. The van der Waals surface area contributed by atoms with Crippen LogP contribution < -0.4 is 0 Å². The predicted octanol–water partition coefficient (Wildman–Crippen LogP) is 4.03. The molecule has 2 radical (unpaired) electrons. The monoisotopic (exact) mass is 488 g/mol. The van der Waals surface area contributed by atoms with Gasteiger partial charge in [0.15, 0.2) is 5.79 Å². The van der Waals surface area contributed by atoms with Crippen LogP contribution in [-0.4, -0.2) is 67.9 Å². The molecule has 1 N–H and O–H groups in total. The maximum Gasteiger partial charge on any atom is 0.353 e. The molecular formula is C20H35BN2O7P2. The summed E-state index contributed by atoms with van der Waals surface area (Å²) in [6, 6.07) is 1.75. The Morgan fingerprint density at radius 1 is 1.31 bits per heavy atom. The van der Waals surface area contributed by atoms with Crippen LogP contribution in [-0.2, 0) is 27.4 Å². The van der Waals surface area contributed by atoms with Crippen molar-refractivity contribution >= 4 is 24.0 Å². The van der Waals surface area contributed by atoms with Crippen molar-refractivity contribution in [2.24, 2.45) is 5.92 Å². The molecule has 0 spiro atoms. The van der Waals surface area contributed by atoms with E-state index in [1.807, 2.05) is 27.7 Å². The van der Waals surface area contributed by atoms with Crippen molar-refractivity contribution < 1.29 is 32.5 Å². The van der Waals surface area contributed by atoms with Gasteiger partial charge < -0.3 is 23.4 Å². The fourth-order valence-electron chi connectivity index (χ4n) is 4.30. The summed E-state index contributed by atoms with van der Waals surface area (Å²) in [6.45, 7) is 8.32. The first-order valence-electron chi connectivity index (χ1n) is 10.8. The zero-order chi connectivity index (χ0) is 24.2. The maximum atomic E-state index is 12.5. The second kappa shape index (κ2) is 11.4. The van der Waals surface area contributed by atoms with Crippen LogP contribution in [0.1, 0.15) is 53.4 Å². The SMILES string of the molecule is [B][C@H]1CC[C@@H]2[C@](O)(OP(OCCC#N)N(C(C)C)C(C)C)C[C@]2(/C=C/P(=O)(OC)OC)O1. The van der Waals surface area contributed by atoms with E-state index in [-0.39, 0.29) is 31.5 Å². The van der Waals surface area contributed by atoms with Crippen LogP contribution in [0.25, 0.3) is 0 Å². The Morgan fingerprint density at radius 3 is 2.47 bits per heavy atom. The molecule has 0 bridgehead atoms. The summed E-state index contributed by atoms with van der Waals surface area (Å²) in [7, 11) is 3.58. The van der Waals surface area contributed by atoms with Gasteiger partial charge in [-0.05, 0) is 46.6 Å². The van der Waals surface area contributed by atoms with E-state index in [1.165, 1.54) is 20.0 Å². The van der Waals surface area contributed by atoms with E-state index in [0.717, 1.165) is 0 Å². The van der Waals surface area contributed by atoms with Gasteiger partial charge in [-0.2, -0.15) is 5.26 Å². The Hall–Kier alpha value is -0.325. The number of hydrogen-bond donors (Lipinski definition) is 1. The molecule has 1 saturated heterocycles. The Morgan fingerprint density at radius 2 is 1.94 bits per heavy atom. The van der Waals surface area contributed by atoms with Crippen molar-refractivity contribution in [1.82, 2.24) is 4.67 Å². The quantitative estimate of drug-likeness (QED) is 0.188. The molecule has 1 aliphatic carbocycles. The standard InChI is InChI=1S/C20H35BN2O7P2/c1-15(2)23(16(3)4)31(28-12-7-11-22)30-20(24)14-19(10-13-32(25,26-5)27-6)17(20)8-9-18(21)29-19/h10,13,15-18,24H,7-9,12,14H2,1-6H3/b13-10+/t17-,18+,19-,20+,31?/m0/s1. The fraction of sp³-hybridized carbons (Fsp3) is 0.850. The van der Waals surface area contributed by atoms with Gasteiger partial charge in [-0.1, -0.05) is 0 Å². The van der Waals surface area contributed by atoms with Crippen LogP contribution in [0.2, 0.25) is 0 Å². The molecule has 180 valence electrons. The molecule has 1 heterocycles. The summed E-state index contributed by atoms with van der Waals surface area (Å²) in [5, 5.41) is 20.4. The maximum absolute atomic E-state index is 12.5. The normalized spacial score (nSPS) is 31.7. The van der Waals surface area contributed by atoms with Crippen molar-refractivity contribution in [3.05, 3.63) is 11.9 Å². The second-order valence-corrected chi connectivity index (χ2v) is 12.1. The minimum atomic E-state index is -3.42. The number of hydrogen-bond acceptors (Lipinski definition) is 9.